The van der Waals surface area contributed by atoms with Gasteiger partial charge < -0.3 is 9.88 Å². The van der Waals surface area contributed by atoms with Gasteiger partial charge in [0, 0.05) is 26.0 Å². The predicted molar refractivity (Wildman–Crippen MR) is 63.6 cm³/mol. The predicted octanol–water partition coefficient (Wildman–Crippen LogP) is 2.55. The third kappa shape index (κ3) is 2.85. The molecule has 0 bridgehead atoms. The number of aromatic nitrogens is 1. The van der Waals surface area contributed by atoms with Crippen molar-refractivity contribution in [3.63, 3.8) is 0 Å². The Labute approximate surface area is 92.7 Å². The Bertz CT molecular complexity index is 303. The van der Waals surface area contributed by atoms with E-state index in [9.17, 15) is 0 Å². The number of nitrogens with one attached hydrogen (secondary N) is 1. The van der Waals surface area contributed by atoms with E-state index < -0.39 is 0 Å². The molecule has 0 radical (unpaired) electrons. The molecule has 1 saturated carbocycles. The van der Waals surface area contributed by atoms with Crippen molar-refractivity contribution in [2.45, 2.75) is 32.7 Å². The van der Waals surface area contributed by atoms with Gasteiger partial charge in [-0.15, -0.1) is 0 Å². The van der Waals surface area contributed by atoms with Crippen LogP contribution in [0.4, 0.5) is 0 Å². The number of nitrogens with zero attached hydrogens (tertiary/aromatic N) is 1. The van der Waals surface area contributed by atoms with Gasteiger partial charge in [-0.1, -0.05) is 19.8 Å². The van der Waals surface area contributed by atoms with E-state index in [4.69, 9.17) is 0 Å². The molecule has 1 aliphatic carbocycles. The first kappa shape index (κ1) is 10.7. The summed E-state index contributed by atoms with van der Waals surface area (Å²) in [7, 11) is 2.07. The van der Waals surface area contributed by atoms with Crippen molar-refractivity contribution in [3.8, 4) is 0 Å². The highest BCUT2D eigenvalue weighted by Crippen LogP contribution is 2.30. The van der Waals surface area contributed by atoms with E-state index >= 15 is 0 Å². The highest BCUT2D eigenvalue weighted by molar-refractivity contribution is 5.09. The average molecular weight is 206 g/mol. The van der Waals surface area contributed by atoms with Gasteiger partial charge in [-0.2, -0.15) is 0 Å². The molecule has 2 heteroatoms. The van der Waals surface area contributed by atoms with Gasteiger partial charge in [0.15, 0.2) is 0 Å². The third-order valence-electron chi connectivity index (χ3n) is 3.67. The van der Waals surface area contributed by atoms with Crippen molar-refractivity contribution in [3.05, 3.63) is 24.0 Å². The van der Waals surface area contributed by atoms with E-state index in [1.807, 2.05) is 0 Å². The lowest BCUT2D eigenvalue weighted by molar-refractivity contribution is 0.392. The van der Waals surface area contributed by atoms with E-state index in [0.29, 0.717) is 0 Å². The lowest BCUT2D eigenvalue weighted by Crippen LogP contribution is -2.23. The number of aryl methyl sites for hydroxylation is 1. The fraction of sp³-hybridized carbons (Fsp3) is 0.692. The van der Waals surface area contributed by atoms with Crippen LogP contribution in [0.15, 0.2) is 18.5 Å². The Morgan fingerprint density at radius 1 is 1.47 bits per heavy atom. The SMILES string of the molecule is CC1CCCC1CNCc1ccn(C)c1. The molecule has 0 amide bonds. The van der Waals surface area contributed by atoms with Gasteiger partial charge in [0.25, 0.3) is 0 Å². The topological polar surface area (TPSA) is 17.0 Å². The van der Waals surface area contributed by atoms with Crippen LogP contribution in [-0.4, -0.2) is 11.1 Å². The lowest BCUT2D eigenvalue weighted by Gasteiger charge is -2.15. The molecule has 2 unspecified atom stereocenters. The molecule has 1 aromatic heterocycles. The highest BCUT2D eigenvalue weighted by atomic mass is 14.9. The van der Waals surface area contributed by atoms with Crippen molar-refractivity contribution >= 4 is 0 Å². The van der Waals surface area contributed by atoms with Gasteiger partial charge in [0.05, 0.1) is 0 Å². The van der Waals surface area contributed by atoms with Crippen LogP contribution in [0, 0.1) is 11.8 Å². The number of hydrogen-bond donors (Lipinski definition) is 1. The summed E-state index contributed by atoms with van der Waals surface area (Å²) in [6, 6.07) is 2.19. The molecule has 1 heterocycles. The standard InChI is InChI=1S/C13H22N2/c1-11-4-3-5-13(11)9-14-8-12-6-7-15(2)10-12/h6-7,10-11,13-14H,3-5,8-9H2,1-2H3. The molecule has 1 fully saturated rings. The summed E-state index contributed by atoms with van der Waals surface area (Å²) >= 11 is 0. The molecule has 2 nitrogen and oxygen atoms in total. The van der Waals surface area contributed by atoms with Crippen LogP contribution in [0.1, 0.15) is 31.7 Å². The summed E-state index contributed by atoms with van der Waals surface area (Å²) in [6.45, 7) is 4.60. The Kier molecular flexibility index (Phi) is 3.47. The molecule has 1 aromatic rings. The van der Waals surface area contributed by atoms with E-state index in [0.717, 1.165) is 18.4 Å². The first-order valence-electron chi connectivity index (χ1n) is 6.07. The van der Waals surface area contributed by atoms with Gasteiger partial charge >= 0.3 is 0 Å². The summed E-state index contributed by atoms with van der Waals surface area (Å²) in [5.41, 5.74) is 1.39. The molecule has 2 rings (SSSR count). The van der Waals surface area contributed by atoms with Crippen LogP contribution >= 0.6 is 0 Å². The van der Waals surface area contributed by atoms with E-state index in [-0.39, 0.29) is 0 Å². The van der Waals surface area contributed by atoms with Gasteiger partial charge in [-0.3, -0.25) is 0 Å². The van der Waals surface area contributed by atoms with Crippen molar-refractivity contribution < 1.29 is 0 Å². The zero-order valence-electron chi connectivity index (χ0n) is 9.87. The van der Waals surface area contributed by atoms with Gasteiger partial charge in [-0.05, 0) is 36.4 Å². The minimum atomic E-state index is 0.911. The molecule has 15 heavy (non-hydrogen) atoms. The van der Waals surface area contributed by atoms with Gasteiger partial charge in [-0.25, -0.2) is 0 Å². The van der Waals surface area contributed by atoms with Crippen molar-refractivity contribution in [2.24, 2.45) is 18.9 Å². The Hall–Kier alpha value is -0.760. The largest absolute Gasteiger partial charge is 0.357 e. The van der Waals surface area contributed by atoms with Crippen LogP contribution < -0.4 is 5.32 Å². The van der Waals surface area contributed by atoms with Crippen molar-refractivity contribution in [1.82, 2.24) is 9.88 Å². The fourth-order valence-corrected chi connectivity index (χ4v) is 2.59. The maximum Gasteiger partial charge on any atom is 0.0220 e. The second kappa shape index (κ2) is 4.84. The van der Waals surface area contributed by atoms with Crippen LogP contribution in [-0.2, 0) is 13.6 Å². The molecule has 1 aliphatic rings. The monoisotopic (exact) mass is 206 g/mol. The number of hydrogen-bond acceptors (Lipinski definition) is 1. The second-order valence-corrected chi connectivity index (χ2v) is 4.98. The molecule has 0 saturated heterocycles. The molecule has 0 spiro atoms. The quantitative estimate of drug-likeness (QED) is 0.801. The summed E-state index contributed by atoms with van der Waals surface area (Å²) in [5, 5.41) is 3.57. The van der Waals surface area contributed by atoms with Crippen molar-refractivity contribution in [2.75, 3.05) is 6.54 Å². The zero-order chi connectivity index (χ0) is 10.7. The maximum absolute atomic E-state index is 3.57. The Morgan fingerprint density at radius 3 is 2.93 bits per heavy atom. The van der Waals surface area contributed by atoms with E-state index in [1.165, 1.54) is 31.4 Å². The molecular formula is C13H22N2. The summed E-state index contributed by atoms with van der Waals surface area (Å²) in [4.78, 5) is 0. The van der Waals surface area contributed by atoms with E-state index in [1.54, 1.807) is 0 Å². The molecule has 84 valence electrons. The van der Waals surface area contributed by atoms with Crippen LogP contribution in [0.3, 0.4) is 0 Å². The molecule has 0 aliphatic heterocycles. The molecule has 2 atom stereocenters. The summed E-state index contributed by atoms with van der Waals surface area (Å²) in [6.07, 6.45) is 8.57. The van der Waals surface area contributed by atoms with Crippen LogP contribution in [0.5, 0.6) is 0 Å². The average Bonchev–Trinajstić information content (AvgIpc) is 2.77. The first-order chi connectivity index (χ1) is 7.25. The third-order valence-corrected chi connectivity index (χ3v) is 3.67. The highest BCUT2D eigenvalue weighted by Gasteiger charge is 2.22. The van der Waals surface area contributed by atoms with Gasteiger partial charge in [0.2, 0.25) is 0 Å². The number of rotatable bonds is 4. The second-order valence-electron chi connectivity index (χ2n) is 4.98. The van der Waals surface area contributed by atoms with E-state index in [2.05, 4.69) is 42.3 Å². The molecular weight excluding hydrogens is 184 g/mol. The summed E-state index contributed by atoms with van der Waals surface area (Å²) in [5.74, 6) is 1.84. The summed E-state index contributed by atoms with van der Waals surface area (Å²) < 4.78 is 2.11. The van der Waals surface area contributed by atoms with Crippen molar-refractivity contribution in [1.29, 1.82) is 0 Å². The fourth-order valence-electron chi connectivity index (χ4n) is 2.59. The smallest absolute Gasteiger partial charge is 0.0220 e. The maximum atomic E-state index is 3.57. The minimum Gasteiger partial charge on any atom is -0.357 e. The van der Waals surface area contributed by atoms with Gasteiger partial charge in [0.1, 0.15) is 0 Å². The lowest BCUT2D eigenvalue weighted by atomic mass is 9.98. The molecule has 1 N–H and O–H groups in total. The Balaban J connectivity index is 1.70. The molecule has 0 aromatic carbocycles. The zero-order valence-corrected chi connectivity index (χ0v) is 9.87. The minimum absolute atomic E-state index is 0.911. The first-order valence-corrected chi connectivity index (χ1v) is 6.07. The van der Waals surface area contributed by atoms with Crippen LogP contribution in [0.2, 0.25) is 0 Å². The van der Waals surface area contributed by atoms with Crippen LogP contribution in [0.25, 0.3) is 0 Å². The Morgan fingerprint density at radius 2 is 2.33 bits per heavy atom. The normalized spacial score (nSPS) is 26.0.